The summed E-state index contributed by atoms with van der Waals surface area (Å²) in [5.41, 5.74) is 2.23. The molecule has 2 N–H and O–H groups in total. The van der Waals surface area contributed by atoms with Crippen LogP contribution in [0.1, 0.15) is 36.4 Å². The highest BCUT2D eigenvalue weighted by Crippen LogP contribution is 2.22. The monoisotopic (exact) mass is 301 g/mol. The van der Waals surface area contributed by atoms with Gasteiger partial charge in [0, 0.05) is 18.7 Å². The number of carbonyl (C=O) groups excluding carboxylic acids is 1. The van der Waals surface area contributed by atoms with Gasteiger partial charge in [-0.05, 0) is 36.5 Å². The Hall–Kier alpha value is -2.07. The van der Waals surface area contributed by atoms with Crippen LogP contribution in [0.3, 0.4) is 0 Å². The maximum absolute atomic E-state index is 12.0. The van der Waals surface area contributed by atoms with E-state index in [4.69, 9.17) is 9.52 Å². The van der Waals surface area contributed by atoms with Gasteiger partial charge in [-0.3, -0.25) is 4.79 Å². The first-order valence-corrected chi connectivity index (χ1v) is 7.72. The number of carbonyl (C=O) groups is 1. The molecule has 4 heteroatoms. The summed E-state index contributed by atoms with van der Waals surface area (Å²) in [7, 11) is 0. The highest BCUT2D eigenvalue weighted by molar-refractivity contribution is 5.92. The summed E-state index contributed by atoms with van der Waals surface area (Å²) in [6.07, 6.45) is 1.67. The molecule has 0 spiro atoms. The van der Waals surface area contributed by atoms with E-state index in [0.717, 1.165) is 12.0 Å². The standard InChI is InChI=1S/C18H23NO3/c1-3-14-4-6-15(7-5-14)16-8-9-17(22-16)18(21)19-12-13(2)10-11-20/h4-9,13,20H,3,10-12H2,1-2H3,(H,19,21). The van der Waals surface area contributed by atoms with Crippen molar-refractivity contribution in [2.45, 2.75) is 26.7 Å². The lowest BCUT2D eigenvalue weighted by Gasteiger charge is -2.09. The number of hydrogen-bond acceptors (Lipinski definition) is 3. The predicted octanol–water partition coefficient (Wildman–Crippen LogP) is 3.26. The number of hydrogen-bond donors (Lipinski definition) is 2. The summed E-state index contributed by atoms with van der Waals surface area (Å²) < 4.78 is 5.64. The summed E-state index contributed by atoms with van der Waals surface area (Å²) in [6.45, 7) is 4.76. The molecule has 2 rings (SSSR count). The van der Waals surface area contributed by atoms with Gasteiger partial charge < -0.3 is 14.8 Å². The molecule has 1 aromatic heterocycles. The minimum Gasteiger partial charge on any atom is -0.451 e. The van der Waals surface area contributed by atoms with Crippen LogP contribution >= 0.6 is 0 Å². The molecule has 1 aromatic carbocycles. The molecule has 0 aliphatic carbocycles. The Morgan fingerprint density at radius 2 is 1.95 bits per heavy atom. The fourth-order valence-electron chi connectivity index (χ4n) is 2.20. The van der Waals surface area contributed by atoms with Gasteiger partial charge in [0.25, 0.3) is 5.91 Å². The Bertz CT molecular complexity index is 601. The molecular formula is C18H23NO3. The minimum atomic E-state index is -0.221. The highest BCUT2D eigenvalue weighted by Gasteiger charge is 2.13. The molecule has 22 heavy (non-hydrogen) atoms. The van der Waals surface area contributed by atoms with Crippen LogP contribution in [-0.2, 0) is 6.42 Å². The second kappa shape index (κ2) is 7.80. The Labute approximate surface area is 131 Å². The molecule has 0 saturated carbocycles. The average Bonchev–Trinajstić information content (AvgIpc) is 3.03. The topological polar surface area (TPSA) is 62.5 Å². The van der Waals surface area contributed by atoms with Crippen LogP contribution < -0.4 is 5.32 Å². The summed E-state index contributed by atoms with van der Waals surface area (Å²) in [4.78, 5) is 12.0. The van der Waals surface area contributed by atoms with Gasteiger partial charge in [-0.25, -0.2) is 0 Å². The second-order valence-electron chi connectivity index (χ2n) is 5.54. The fourth-order valence-corrected chi connectivity index (χ4v) is 2.20. The molecule has 1 heterocycles. The van der Waals surface area contributed by atoms with Gasteiger partial charge in [0.2, 0.25) is 0 Å². The van der Waals surface area contributed by atoms with Crippen molar-refractivity contribution in [3.63, 3.8) is 0 Å². The molecule has 0 fully saturated rings. The van der Waals surface area contributed by atoms with Gasteiger partial charge in [0.1, 0.15) is 5.76 Å². The van der Waals surface area contributed by atoms with Crippen LogP contribution in [0, 0.1) is 5.92 Å². The van der Waals surface area contributed by atoms with E-state index in [1.807, 2.05) is 25.1 Å². The van der Waals surface area contributed by atoms with Crippen molar-refractivity contribution >= 4 is 5.91 Å². The van der Waals surface area contributed by atoms with Crippen LogP contribution in [0.25, 0.3) is 11.3 Å². The first-order chi connectivity index (χ1) is 10.6. The van der Waals surface area contributed by atoms with Gasteiger partial charge in [0.05, 0.1) is 0 Å². The largest absolute Gasteiger partial charge is 0.451 e. The minimum absolute atomic E-state index is 0.135. The Morgan fingerprint density at radius 3 is 2.59 bits per heavy atom. The summed E-state index contributed by atoms with van der Waals surface area (Å²) in [5.74, 6) is 1.02. The van der Waals surface area contributed by atoms with E-state index in [0.29, 0.717) is 24.5 Å². The number of rotatable bonds is 7. The van der Waals surface area contributed by atoms with Crippen LogP contribution in [0.2, 0.25) is 0 Å². The van der Waals surface area contributed by atoms with E-state index < -0.39 is 0 Å². The smallest absolute Gasteiger partial charge is 0.287 e. The van der Waals surface area contributed by atoms with Gasteiger partial charge in [-0.1, -0.05) is 38.1 Å². The van der Waals surface area contributed by atoms with Crippen LogP contribution in [-0.4, -0.2) is 24.2 Å². The lowest BCUT2D eigenvalue weighted by Crippen LogP contribution is -2.28. The molecule has 2 aromatic rings. The number of furan rings is 1. The van der Waals surface area contributed by atoms with Gasteiger partial charge >= 0.3 is 0 Å². The molecule has 118 valence electrons. The van der Waals surface area contributed by atoms with Crippen molar-refractivity contribution in [1.82, 2.24) is 5.32 Å². The Balaban J connectivity index is 1.99. The van der Waals surface area contributed by atoms with E-state index in [2.05, 4.69) is 24.4 Å². The predicted molar refractivity (Wildman–Crippen MR) is 86.7 cm³/mol. The number of aliphatic hydroxyl groups is 1. The number of amides is 1. The van der Waals surface area contributed by atoms with Crippen LogP contribution in [0.15, 0.2) is 40.8 Å². The maximum atomic E-state index is 12.0. The van der Waals surface area contributed by atoms with Crippen LogP contribution in [0.5, 0.6) is 0 Å². The normalized spacial score (nSPS) is 12.1. The van der Waals surface area contributed by atoms with Crippen molar-refractivity contribution in [1.29, 1.82) is 0 Å². The summed E-state index contributed by atoms with van der Waals surface area (Å²) in [6, 6.07) is 11.6. The molecule has 0 aliphatic rings. The van der Waals surface area contributed by atoms with Crippen molar-refractivity contribution in [2.24, 2.45) is 5.92 Å². The molecule has 0 radical (unpaired) electrons. The number of aryl methyl sites for hydroxylation is 1. The van der Waals surface area contributed by atoms with Crippen molar-refractivity contribution in [3.8, 4) is 11.3 Å². The third-order valence-corrected chi connectivity index (χ3v) is 3.71. The first-order valence-electron chi connectivity index (χ1n) is 7.72. The van der Waals surface area contributed by atoms with E-state index >= 15 is 0 Å². The highest BCUT2D eigenvalue weighted by atomic mass is 16.3. The van der Waals surface area contributed by atoms with E-state index in [-0.39, 0.29) is 18.4 Å². The van der Waals surface area contributed by atoms with Gasteiger partial charge in [-0.15, -0.1) is 0 Å². The zero-order valence-corrected chi connectivity index (χ0v) is 13.1. The molecule has 0 aliphatic heterocycles. The second-order valence-corrected chi connectivity index (χ2v) is 5.54. The third kappa shape index (κ3) is 4.21. The third-order valence-electron chi connectivity index (χ3n) is 3.71. The van der Waals surface area contributed by atoms with Crippen molar-refractivity contribution in [3.05, 3.63) is 47.7 Å². The molecule has 0 saturated heterocycles. The molecule has 1 amide bonds. The van der Waals surface area contributed by atoms with Crippen LogP contribution in [0.4, 0.5) is 0 Å². The maximum Gasteiger partial charge on any atom is 0.287 e. The van der Waals surface area contributed by atoms with Crippen molar-refractivity contribution < 1.29 is 14.3 Å². The fraction of sp³-hybridized carbons (Fsp3) is 0.389. The quantitative estimate of drug-likeness (QED) is 0.825. The average molecular weight is 301 g/mol. The molecule has 4 nitrogen and oxygen atoms in total. The molecule has 0 bridgehead atoms. The van der Waals surface area contributed by atoms with Gasteiger partial charge in [-0.2, -0.15) is 0 Å². The lowest BCUT2D eigenvalue weighted by atomic mass is 10.1. The van der Waals surface area contributed by atoms with Crippen molar-refractivity contribution in [2.75, 3.05) is 13.2 Å². The van der Waals surface area contributed by atoms with E-state index in [1.54, 1.807) is 6.07 Å². The SMILES string of the molecule is CCc1ccc(-c2ccc(C(=O)NCC(C)CCO)o2)cc1. The molecule has 1 atom stereocenters. The van der Waals surface area contributed by atoms with E-state index in [1.165, 1.54) is 5.56 Å². The zero-order chi connectivity index (χ0) is 15.9. The number of benzene rings is 1. The zero-order valence-electron chi connectivity index (χ0n) is 13.1. The number of nitrogens with one attached hydrogen (secondary N) is 1. The molecule has 1 unspecified atom stereocenters. The molecular weight excluding hydrogens is 278 g/mol. The Kier molecular flexibility index (Phi) is 5.78. The lowest BCUT2D eigenvalue weighted by molar-refractivity contribution is 0.0918. The first kappa shape index (κ1) is 16.3. The Morgan fingerprint density at radius 1 is 1.23 bits per heavy atom. The summed E-state index contributed by atoms with van der Waals surface area (Å²) >= 11 is 0. The van der Waals surface area contributed by atoms with E-state index in [9.17, 15) is 4.79 Å². The summed E-state index contributed by atoms with van der Waals surface area (Å²) in [5, 5.41) is 11.7. The number of aliphatic hydroxyl groups excluding tert-OH is 1. The van der Waals surface area contributed by atoms with Gasteiger partial charge in [0.15, 0.2) is 5.76 Å².